The summed E-state index contributed by atoms with van der Waals surface area (Å²) in [5, 5.41) is 16.9. The van der Waals surface area contributed by atoms with Gasteiger partial charge in [0.05, 0.1) is 6.61 Å². The molecule has 0 saturated carbocycles. The van der Waals surface area contributed by atoms with Crippen LogP contribution < -0.4 is 10.6 Å². The van der Waals surface area contributed by atoms with E-state index in [9.17, 15) is 5.11 Å². The lowest BCUT2D eigenvalue weighted by Gasteiger charge is -2.32. The van der Waals surface area contributed by atoms with Crippen LogP contribution >= 0.6 is 11.6 Å². The second-order valence-corrected chi connectivity index (χ2v) is 5.79. The van der Waals surface area contributed by atoms with Crippen LogP contribution in [0.3, 0.4) is 0 Å². The van der Waals surface area contributed by atoms with Gasteiger partial charge >= 0.3 is 0 Å². The van der Waals surface area contributed by atoms with E-state index in [1.54, 1.807) is 12.1 Å². The van der Waals surface area contributed by atoms with Gasteiger partial charge in [-0.1, -0.05) is 24.2 Å². The molecule has 0 spiro atoms. The van der Waals surface area contributed by atoms with E-state index in [2.05, 4.69) is 22.2 Å². The lowest BCUT2D eigenvalue weighted by atomic mass is 10.1. The summed E-state index contributed by atoms with van der Waals surface area (Å²) >= 11 is 6.03. The summed E-state index contributed by atoms with van der Waals surface area (Å²) in [6.45, 7) is 6.80. The molecule has 3 rings (SSSR count). The maximum absolute atomic E-state index is 9.76. The number of anilines is 1. The van der Waals surface area contributed by atoms with Crippen LogP contribution in [-0.4, -0.2) is 29.0 Å². The molecular weight excluding hydrogens is 324 g/mol. The second-order valence-electron chi connectivity index (χ2n) is 5.35. The topological polar surface area (TPSA) is 59.9 Å². The maximum atomic E-state index is 9.76. The Balaban J connectivity index is 1.97. The minimum atomic E-state index is -0.160. The zero-order valence-electron chi connectivity index (χ0n) is 13.4. The molecule has 0 aliphatic carbocycles. The normalized spacial score (nSPS) is 16.6. The number of likely N-dealkylation sites (N-methyl/N-ethyl adjacent to an activating group) is 1. The van der Waals surface area contributed by atoms with Crippen LogP contribution in [0.2, 0.25) is 5.02 Å². The molecule has 1 aromatic carbocycles. The molecule has 0 bridgehead atoms. The number of halogens is 1. The van der Waals surface area contributed by atoms with Crippen molar-refractivity contribution in [3.8, 4) is 0 Å². The Morgan fingerprint density at radius 2 is 2.21 bits per heavy atom. The van der Waals surface area contributed by atoms with Gasteiger partial charge in [0.25, 0.3) is 0 Å². The van der Waals surface area contributed by atoms with Crippen molar-refractivity contribution in [1.82, 2.24) is 10.2 Å². The predicted octanol–water partition coefficient (Wildman–Crippen LogP) is 3.20. The molecule has 0 amide bonds. The van der Waals surface area contributed by atoms with Crippen LogP contribution in [-0.2, 0) is 0 Å². The predicted molar refractivity (Wildman–Crippen MR) is 98.5 cm³/mol. The molecule has 0 fully saturated rings. The maximum Gasteiger partial charge on any atom is 0.141 e. The molecule has 2 heterocycles. The fourth-order valence-corrected chi connectivity index (χ4v) is 2.74. The number of hydrogen-bond acceptors (Lipinski definition) is 5. The van der Waals surface area contributed by atoms with Crippen LogP contribution in [0, 0.1) is 0 Å². The Hall–Kier alpha value is -2.50. The summed E-state index contributed by atoms with van der Waals surface area (Å²) < 4.78 is 0. The largest absolute Gasteiger partial charge is 0.391 e. The summed E-state index contributed by atoms with van der Waals surface area (Å²) in [5.41, 5.74) is 3.12. The average molecular weight is 343 g/mol. The Morgan fingerprint density at radius 1 is 1.38 bits per heavy atom. The van der Waals surface area contributed by atoms with Gasteiger partial charge < -0.3 is 20.6 Å². The van der Waals surface area contributed by atoms with Crippen molar-refractivity contribution in [2.24, 2.45) is 4.99 Å². The van der Waals surface area contributed by atoms with Gasteiger partial charge in [-0.05, 0) is 31.2 Å². The number of aliphatic hydroxyl groups is 1. The third kappa shape index (κ3) is 3.22. The monoisotopic (exact) mass is 342 g/mol. The van der Waals surface area contributed by atoms with Gasteiger partial charge in [-0.25, -0.2) is 4.99 Å². The van der Waals surface area contributed by atoms with Crippen LogP contribution in [0.5, 0.6) is 0 Å². The van der Waals surface area contributed by atoms with Gasteiger partial charge in [0, 0.05) is 46.5 Å². The zero-order chi connectivity index (χ0) is 17.1. The Labute approximate surface area is 146 Å². The van der Waals surface area contributed by atoms with E-state index in [0.717, 1.165) is 23.8 Å². The van der Waals surface area contributed by atoms with Crippen LogP contribution in [0.1, 0.15) is 6.92 Å². The SMILES string of the molecule is C=C1C(CO)=C(Nc2cccc(Cl)c2)N=C2C=C(NCC)C=CN12. The fourth-order valence-electron chi connectivity index (χ4n) is 2.55. The van der Waals surface area contributed by atoms with Gasteiger partial charge in [0.15, 0.2) is 0 Å². The summed E-state index contributed by atoms with van der Waals surface area (Å²) in [7, 11) is 0. The summed E-state index contributed by atoms with van der Waals surface area (Å²) in [6.07, 6.45) is 5.80. The van der Waals surface area contributed by atoms with Crippen LogP contribution in [0.15, 0.2) is 77.0 Å². The van der Waals surface area contributed by atoms with Gasteiger partial charge in [0.1, 0.15) is 11.7 Å². The quantitative estimate of drug-likeness (QED) is 0.769. The highest BCUT2D eigenvalue weighted by Gasteiger charge is 2.25. The lowest BCUT2D eigenvalue weighted by molar-refractivity contribution is 0.327. The van der Waals surface area contributed by atoms with E-state index in [1.165, 1.54) is 0 Å². The Bertz CT molecular complexity index is 792. The highest BCUT2D eigenvalue weighted by molar-refractivity contribution is 6.30. The number of benzene rings is 1. The number of rotatable bonds is 5. The Kier molecular flexibility index (Phi) is 4.74. The molecule has 24 heavy (non-hydrogen) atoms. The number of nitrogens with zero attached hydrogens (tertiary/aromatic N) is 2. The van der Waals surface area contributed by atoms with E-state index in [4.69, 9.17) is 11.6 Å². The number of nitrogens with one attached hydrogen (secondary N) is 2. The fraction of sp³-hybridized carbons (Fsp3) is 0.167. The number of aliphatic hydroxyl groups excluding tert-OH is 1. The summed E-state index contributed by atoms with van der Waals surface area (Å²) in [6, 6.07) is 7.36. The molecule has 124 valence electrons. The molecule has 0 aromatic heterocycles. The molecule has 3 N–H and O–H groups in total. The molecule has 0 atom stereocenters. The van der Waals surface area contributed by atoms with Crippen molar-refractivity contribution in [2.75, 3.05) is 18.5 Å². The highest BCUT2D eigenvalue weighted by atomic mass is 35.5. The molecule has 0 radical (unpaired) electrons. The molecule has 0 unspecified atom stereocenters. The van der Waals surface area contributed by atoms with E-state index in [-0.39, 0.29) is 6.61 Å². The van der Waals surface area contributed by atoms with E-state index in [0.29, 0.717) is 22.1 Å². The first-order valence-electron chi connectivity index (χ1n) is 7.70. The van der Waals surface area contributed by atoms with Crippen LogP contribution in [0.4, 0.5) is 5.69 Å². The highest BCUT2D eigenvalue weighted by Crippen LogP contribution is 2.29. The van der Waals surface area contributed by atoms with Crippen LogP contribution in [0.25, 0.3) is 0 Å². The minimum absolute atomic E-state index is 0.160. The van der Waals surface area contributed by atoms with Gasteiger partial charge in [-0.15, -0.1) is 0 Å². The first-order valence-corrected chi connectivity index (χ1v) is 8.07. The van der Waals surface area contributed by atoms with E-state index >= 15 is 0 Å². The third-order valence-electron chi connectivity index (χ3n) is 3.71. The van der Waals surface area contributed by atoms with Gasteiger partial charge in [0.2, 0.25) is 0 Å². The second kappa shape index (κ2) is 6.95. The molecule has 2 aliphatic rings. The first kappa shape index (κ1) is 16.4. The van der Waals surface area contributed by atoms with Gasteiger partial charge in [-0.3, -0.25) is 0 Å². The molecule has 1 aromatic rings. The first-order chi connectivity index (χ1) is 11.6. The molecule has 2 aliphatic heterocycles. The molecule has 5 nitrogen and oxygen atoms in total. The van der Waals surface area contributed by atoms with Gasteiger partial charge in [-0.2, -0.15) is 0 Å². The number of hydrogen-bond donors (Lipinski definition) is 3. The number of allylic oxidation sites excluding steroid dienone is 1. The molecular formula is C18H19ClN4O. The number of fused-ring (bicyclic) bond motifs is 1. The van der Waals surface area contributed by atoms with Crippen molar-refractivity contribution in [3.63, 3.8) is 0 Å². The standard InChI is InChI=1S/C18H19ClN4O/c1-3-20-14-7-8-23-12(2)16(11-24)18(22-17(23)10-14)21-15-6-4-5-13(19)9-15/h4-10,20-21,24H,2-3,11H2,1H3. The van der Waals surface area contributed by atoms with Crippen molar-refractivity contribution in [2.45, 2.75) is 6.92 Å². The average Bonchev–Trinajstić information content (AvgIpc) is 2.55. The number of aliphatic imine (C=N–C) groups is 1. The summed E-state index contributed by atoms with van der Waals surface area (Å²) in [4.78, 5) is 6.50. The van der Waals surface area contributed by atoms with E-state index in [1.807, 2.05) is 42.3 Å². The minimum Gasteiger partial charge on any atom is -0.391 e. The van der Waals surface area contributed by atoms with Crippen molar-refractivity contribution in [1.29, 1.82) is 0 Å². The molecule has 6 heteroatoms. The van der Waals surface area contributed by atoms with Crippen molar-refractivity contribution in [3.05, 3.63) is 77.0 Å². The lowest BCUT2D eigenvalue weighted by Crippen LogP contribution is -2.33. The van der Waals surface area contributed by atoms with E-state index < -0.39 is 0 Å². The molecule has 0 saturated heterocycles. The van der Waals surface area contributed by atoms with Crippen molar-refractivity contribution < 1.29 is 5.11 Å². The van der Waals surface area contributed by atoms with Crippen molar-refractivity contribution >= 4 is 23.1 Å². The summed E-state index contributed by atoms with van der Waals surface area (Å²) in [5.74, 6) is 1.30. The number of amidine groups is 1. The zero-order valence-corrected chi connectivity index (χ0v) is 14.1. The third-order valence-corrected chi connectivity index (χ3v) is 3.95. The Morgan fingerprint density at radius 3 is 2.92 bits per heavy atom. The smallest absolute Gasteiger partial charge is 0.141 e.